The largest absolute Gasteiger partial charge is 0.391 e. The van der Waals surface area contributed by atoms with E-state index in [0.29, 0.717) is 17.9 Å². The van der Waals surface area contributed by atoms with Gasteiger partial charge in [-0.25, -0.2) is 14.4 Å². The quantitative estimate of drug-likeness (QED) is 0.876. The van der Waals surface area contributed by atoms with Crippen LogP contribution in [-0.2, 0) is 6.61 Å². The molecule has 0 fully saturated rings. The SMILES string of the molecule is CCN(c1ccc(F)cc1)c1ncnc(Cl)c1CO. The highest BCUT2D eigenvalue weighted by atomic mass is 35.5. The fourth-order valence-corrected chi connectivity index (χ4v) is 2.01. The first-order valence-corrected chi connectivity index (χ1v) is 6.18. The van der Waals surface area contributed by atoms with E-state index >= 15 is 0 Å². The van der Waals surface area contributed by atoms with Crippen LogP contribution in [0.4, 0.5) is 15.9 Å². The van der Waals surface area contributed by atoms with Crippen molar-refractivity contribution in [3.63, 3.8) is 0 Å². The third kappa shape index (κ3) is 2.83. The fraction of sp³-hybridized carbons (Fsp3) is 0.231. The Labute approximate surface area is 115 Å². The van der Waals surface area contributed by atoms with Crippen molar-refractivity contribution >= 4 is 23.1 Å². The molecule has 1 heterocycles. The zero-order valence-electron chi connectivity index (χ0n) is 10.3. The highest BCUT2D eigenvalue weighted by Crippen LogP contribution is 2.29. The molecule has 0 bridgehead atoms. The van der Waals surface area contributed by atoms with E-state index in [1.165, 1.54) is 18.5 Å². The van der Waals surface area contributed by atoms with Crippen molar-refractivity contribution in [1.82, 2.24) is 9.97 Å². The molecule has 1 aromatic heterocycles. The summed E-state index contributed by atoms with van der Waals surface area (Å²) in [4.78, 5) is 9.83. The molecule has 2 aromatic rings. The molecule has 0 saturated carbocycles. The van der Waals surface area contributed by atoms with Crippen molar-refractivity contribution in [2.45, 2.75) is 13.5 Å². The second-order valence-electron chi connectivity index (χ2n) is 3.85. The highest BCUT2D eigenvalue weighted by molar-refractivity contribution is 6.30. The summed E-state index contributed by atoms with van der Waals surface area (Å²) in [6, 6.07) is 6.05. The number of halogens is 2. The Morgan fingerprint density at radius 1 is 1.26 bits per heavy atom. The van der Waals surface area contributed by atoms with Gasteiger partial charge in [-0.1, -0.05) is 11.6 Å². The molecule has 0 saturated heterocycles. The van der Waals surface area contributed by atoms with E-state index < -0.39 is 0 Å². The summed E-state index contributed by atoms with van der Waals surface area (Å²) < 4.78 is 13.0. The molecule has 6 heteroatoms. The summed E-state index contributed by atoms with van der Waals surface area (Å²) in [7, 11) is 0. The number of aliphatic hydroxyl groups is 1. The van der Waals surface area contributed by atoms with E-state index in [2.05, 4.69) is 9.97 Å². The van der Waals surface area contributed by atoms with Crippen molar-refractivity contribution in [3.05, 3.63) is 47.1 Å². The lowest BCUT2D eigenvalue weighted by molar-refractivity contribution is 0.281. The summed E-state index contributed by atoms with van der Waals surface area (Å²) in [5.41, 5.74) is 1.23. The first-order chi connectivity index (χ1) is 9.17. The Morgan fingerprint density at radius 2 is 1.95 bits per heavy atom. The van der Waals surface area contributed by atoms with Gasteiger partial charge < -0.3 is 10.0 Å². The maximum Gasteiger partial charge on any atom is 0.143 e. The third-order valence-electron chi connectivity index (χ3n) is 2.74. The van der Waals surface area contributed by atoms with Gasteiger partial charge in [0.15, 0.2) is 0 Å². The second kappa shape index (κ2) is 5.95. The number of aromatic nitrogens is 2. The Hall–Kier alpha value is -1.72. The minimum Gasteiger partial charge on any atom is -0.391 e. The molecule has 1 N–H and O–H groups in total. The zero-order chi connectivity index (χ0) is 13.8. The molecule has 0 spiro atoms. The number of hydrogen-bond donors (Lipinski definition) is 1. The predicted molar refractivity (Wildman–Crippen MR) is 72.0 cm³/mol. The monoisotopic (exact) mass is 281 g/mol. The molecule has 0 aliphatic rings. The standard InChI is InChI=1S/C13H13ClFN3O/c1-2-18(10-5-3-9(15)4-6-10)13-11(7-19)12(14)16-8-17-13/h3-6,8,19H,2,7H2,1H3. The Bertz CT molecular complexity index is 562. The Kier molecular flexibility index (Phi) is 4.29. The van der Waals surface area contributed by atoms with Crippen LogP contribution in [0.15, 0.2) is 30.6 Å². The number of hydrogen-bond acceptors (Lipinski definition) is 4. The van der Waals surface area contributed by atoms with Gasteiger partial charge in [0.1, 0.15) is 23.1 Å². The number of benzene rings is 1. The number of rotatable bonds is 4. The van der Waals surface area contributed by atoms with Crippen molar-refractivity contribution in [3.8, 4) is 0 Å². The smallest absolute Gasteiger partial charge is 0.143 e. The average molecular weight is 282 g/mol. The van der Waals surface area contributed by atoms with E-state index in [1.54, 1.807) is 12.1 Å². The lowest BCUT2D eigenvalue weighted by Crippen LogP contribution is -2.19. The lowest BCUT2D eigenvalue weighted by Gasteiger charge is -2.24. The first-order valence-electron chi connectivity index (χ1n) is 5.80. The average Bonchev–Trinajstić information content (AvgIpc) is 2.42. The predicted octanol–water partition coefficient (Wildman–Crippen LogP) is 2.92. The minimum atomic E-state index is -0.303. The van der Waals surface area contributed by atoms with Crippen LogP contribution in [0.5, 0.6) is 0 Å². The van der Waals surface area contributed by atoms with Crippen molar-refractivity contribution in [2.24, 2.45) is 0 Å². The molecule has 0 radical (unpaired) electrons. The second-order valence-corrected chi connectivity index (χ2v) is 4.20. The number of anilines is 2. The molecule has 0 aliphatic heterocycles. The van der Waals surface area contributed by atoms with Crippen LogP contribution in [0.1, 0.15) is 12.5 Å². The van der Waals surface area contributed by atoms with Crippen molar-refractivity contribution < 1.29 is 9.50 Å². The maximum atomic E-state index is 13.0. The van der Waals surface area contributed by atoms with Crippen LogP contribution in [0.3, 0.4) is 0 Å². The molecular weight excluding hydrogens is 269 g/mol. The molecule has 1 aromatic carbocycles. The van der Waals surface area contributed by atoms with E-state index in [0.717, 1.165) is 5.69 Å². The van der Waals surface area contributed by atoms with Gasteiger partial charge in [-0.15, -0.1) is 0 Å². The van der Waals surface area contributed by atoms with Gasteiger partial charge in [-0.2, -0.15) is 0 Å². The highest BCUT2D eigenvalue weighted by Gasteiger charge is 2.16. The topological polar surface area (TPSA) is 49.2 Å². The summed E-state index contributed by atoms with van der Waals surface area (Å²) >= 11 is 5.95. The van der Waals surface area contributed by atoms with Gasteiger partial charge in [-0.3, -0.25) is 0 Å². The number of aliphatic hydroxyl groups excluding tert-OH is 1. The molecule has 0 amide bonds. The van der Waals surface area contributed by atoms with Gasteiger partial charge in [0.05, 0.1) is 12.2 Å². The molecule has 0 aliphatic carbocycles. The van der Waals surface area contributed by atoms with Gasteiger partial charge in [0, 0.05) is 12.2 Å². The minimum absolute atomic E-state index is 0.216. The van der Waals surface area contributed by atoms with Crippen LogP contribution in [0.2, 0.25) is 5.15 Å². The van der Waals surface area contributed by atoms with Gasteiger partial charge >= 0.3 is 0 Å². The van der Waals surface area contributed by atoms with Crippen LogP contribution in [-0.4, -0.2) is 21.6 Å². The van der Waals surface area contributed by atoms with Gasteiger partial charge in [0.25, 0.3) is 0 Å². The van der Waals surface area contributed by atoms with Crippen LogP contribution in [0.25, 0.3) is 0 Å². The normalized spacial score (nSPS) is 10.5. The Balaban J connectivity index is 2.48. The first kappa shape index (κ1) is 13.7. The molecule has 0 unspecified atom stereocenters. The van der Waals surface area contributed by atoms with Crippen LogP contribution in [0, 0.1) is 5.82 Å². The Morgan fingerprint density at radius 3 is 2.53 bits per heavy atom. The van der Waals surface area contributed by atoms with Crippen LogP contribution < -0.4 is 4.90 Å². The lowest BCUT2D eigenvalue weighted by atomic mass is 10.2. The number of nitrogens with zero attached hydrogens (tertiary/aromatic N) is 3. The molecule has 19 heavy (non-hydrogen) atoms. The van der Waals surface area contributed by atoms with Gasteiger partial charge in [0.2, 0.25) is 0 Å². The summed E-state index contributed by atoms with van der Waals surface area (Å²) in [5, 5.41) is 9.60. The van der Waals surface area contributed by atoms with Gasteiger partial charge in [-0.05, 0) is 31.2 Å². The summed E-state index contributed by atoms with van der Waals surface area (Å²) in [6.45, 7) is 2.28. The van der Waals surface area contributed by atoms with Crippen molar-refractivity contribution in [1.29, 1.82) is 0 Å². The molecule has 0 atom stereocenters. The van der Waals surface area contributed by atoms with E-state index in [9.17, 15) is 9.50 Å². The van der Waals surface area contributed by atoms with E-state index in [-0.39, 0.29) is 17.6 Å². The molecular formula is C13H13ClFN3O. The maximum absolute atomic E-state index is 13.0. The summed E-state index contributed by atoms with van der Waals surface area (Å²) in [6.07, 6.45) is 1.34. The van der Waals surface area contributed by atoms with E-state index in [1.807, 2.05) is 11.8 Å². The van der Waals surface area contributed by atoms with Crippen LogP contribution >= 0.6 is 11.6 Å². The fourth-order valence-electron chi connectivity index (χ4n) is 1.83. The molecule has 2 rings (SSSR count). The van der Waals surface area contributed by atoms with Crippen molar-refractivity contribution in [2.75, 3.05) is 11.4 Å². The molecule has 4 nitrogen and oxygen atoms in total. The third-order valence-corrected chi connectivity index (χ3v) is 3.06. The summed E-state index contributed by atoms with van der Waals surface area (Å²) in [5.74, 6) is 0.222. The van der Waals surface area contributed by atoms with E-state index in [4.69, 9.17) is 11.6 Å². The zero-order valence-corrected chi connectivity index (χ0v) is 11.1. The molecule has 100 valence electrons.